The van der Waals surface area contributed by atoms with Crippen molar-refractivity contribution in [2.45, 2.75) is 53.1 Å². The number of nitrogen functional groups attached to an aromatic ring is 1. The van der Waals surface area contributed by atoms with Gasteiger partial charge in [0.15, 0.2) is 11.5 Å². The van der Waals surface area contributed by atoms with Crippen molar-refractivity contribution in [3.8, 4) is 34.4 Å². The van der Waals surface area contributed by atoms with E-state index in [1.807, 2.05) is 62.6 Å². The van der Waals surface area contributed by atoms with Crippen LogP contribution in [-0.4, -0.2) is 53.5 Å². The molecule has 7 rings (SSSR count). The maximum atomic E-state index is 13.6. The van der Waals surface area contributed by atoms with E-state index >= 15 is 0 Å². The summed E-state index contributed by atoms with van der Waals surface area (Å²) in [6, 6.07) is 26.4. The van der Waals surface area contributed by atoms with Gasteiger partial charge < -0.3 is 11.1 Å². The van der Waals surface area contributed by atoms with E-state index in [0.717, 1.165) is 43.7 Å². The summed E-state index contributed by atoms with van der Waals surface area (Å²) in [5.74, 6) is 1.59. The predicted octanol–water partition coefficient (Wildman–Crippen LogP) is 7.66. The Labute approximate surface area is 286 Å². The molecule has 1 aliphatic heterocycles. The molecule has 6 aromatic rings. The number of rotatable bonds is 7. The topological polar surface area (TPSA) is 134 Å². The largest absolute Gasteiger partial charge is 0.383 e. The minimum Gasteiger partial charge on any atom is -0.383 e. The van der Waals surface area contributed by atoms with Crippen molar-refractivity contribution in [2.24, 2.45) is 0 Å². The molecule has 0 bridgehead atoms. The van der Waals surface area contributed by atoms with E-state index in [9.17, 15) is 4.39 Å². The Kier molecular flexibility index (Phi) is 11.6. The molecule has 3 N–H and O–H groups in total. The summed E-state index contributed by atoms with van der Waals surface area (Å²) in [6.45, 7) is 10.7. The zero-order valence-electron chi connectivity index (χ0n) is 28.3. The van der Waals surface area contributed by atoms with Gasteiger partial charge in [-0.3, -0.25) is 9.47 Å². The summed E-state index contributed by atoms with van der Waals surface area (Å²) in [4.78, 5) is 24.8. The van der Waals surface area contributed by atoms with Gasteiger partial charge in [-0.15, -0.1) is 0 Å². The fraction of sp³-hybridized carbons (Fsp3) is 0.263. The minimum atomic E-state index is -0.294. The molecule has 4 aromatic heterocycles. The number of halogens is 1. The first-order valence-corrected chi connectivity index (χ1v) is 16.7. The van der Waals surface area contributed by atoms with Crippen LogP contribution in [-0.2, 0) is 6.54 Å². The lowest BCUT2D eigenvalue weighted by atomic mass is 10.0. The molecule has 0 atom stereocenters. The third-order valence-electron chi connectivity index (χ3n) is 8.02. The number of nitrogens with one attached hydrogen (secondary N) is 1. The Balaban J connectivity index is 0.00000113. The number of nitrogens with zero attached hydrogens (tertiary/aromatic N) is 8. The fourth-order valence-corrected chi connectivity index (χ4v) is 5.72. The second-order valence-corrected chi connectivity index (χ2v) is 11.0. The molecule has 0 spiro atoms. The summed E-state index contributed by atoms with van der Waals surface area (Å²) in [5.41, 5.74) is 12.0. The first kappa shape index (κ1) is 34.6. The van der Waals surface area contributed by atoms with Crippen LogP contribution in [0.3, 0.4) is 0 Å². The monoisotopic (exact) mass is 656 g/mol. The van der Waals surface area contributed by atoms with Crippen LogP contribution in [0, 0.1) is 17.1 Å². The smallest absolute Gasteiger partial charge is 0.234 e. The molecule has 5 heterocycles. The molecule has 1 aliphatic rings. The number of likely N-dealkylation sites (tertiary alicyclic amines) is 1. The molecule has 11 heteroatoms. The van der Waals surface area contributed by atoms with E-state index in [4.69, 9.17) is 21.0 Å². The second kappa shape index (κ2) is 16.4. The summed E-state index contributed by atoms with van der Waals surface area (Å²) < 4.78 is 15.6. The molecule has 1 saturated heterocycles. The third kappa shape index (κ3) is 8.05. The van der Waals surface area contributed by atoms with Gasteiger partial charge in [-0.2, -0.15) is 5.26 Å². The number of nitrogens with two attached hydrogens (primary N) is 1. The van der Waals surface area contributed by atoms with E-state index in [0.29, 0.717) is 45.9 Å². The van der Waals surface area contributed by atoms with Crippen molar-refractivity contribution < 1.29 is 4.39 Å². The van der Waals surface area contributed by atoms with Crippen LogP contribution in [0.25, 0.3) is 39.5 Å². The fourth-order valence-electron chi connectivity index (χ4n) is 5.72. The Morgan fingerprint density at radius 3 is 2.29 bits per heavy atom. The molecule has 49 heavy (non-hydrogen) atoms. The molecule has 0 aliphatic carbocycles. The van der Waals surface area contributed by atoms with Gasteiger partial charge in [0, 0.05) is 49.3 Å². The SMILES string of the molecule is CC.CC.N#Cc1nccc(NC2CCN(Cc3ccc(-n4c(-c5cccnc5N)nc5ccc(-c6ccc(F)cc6)nc54)cc3)CC2)n1. The van der Waals surface area contributed by atoms with Gasteiger partial charge in [-0.1, -0.05) is 39.8 Å². The van der Waals surface area contributed by atoms with Gasteiger partial charge in [-0.05, 0) is 85.1 Å². The van der Waals surface area contributed by atoms with Crippen LogP contribution in [0.15, 0.2) is 91.3 Å². The zero-order chi connectivity index (χ0) is 34.8. The molecule has 0 amide bonds. The Morgan fingerprint density at radius 1 is 0.857 bits per heavy atom. The Bertz CT molecular complexity index is 2010. The van der Waals surface area contributed by atoms with Crippen molar-refractivity contribution in [3.63, 3.8) is 0 Å². The Hall–Kier alpha value is -5.73. The Morgan fingerprint density at radius 2 is 1.59 bits per heavy atom. The standard InChI is InChI=1S/C34H29FN10.2C2H6/c35-24-7-5-23(6-8-24)28-11-12-29-34(41-28)45(33(42-29)27-2-1-16-39-32(27)37)26-9-3-22(4-10-26)21-44-18-14-25(15-19-44)40-30-13-17-38-31(20-36)43-30;2*1-2/h1-13,16-17,25H,14-15,18-19,21H2,(H2,37,39)(H,38,40,43);2*1-2H3. The van der Waals surface area contributed by atoms with Crippen LogP contribution >= 0.6 is 0 Å². The summed E-state index contributed by atoms with van der Waals surface area (Å²) in [5, 5.41) is 12.5. The molecule has 10 nitrogen and oxygen atoms in total. The van der Waals surface area contributed by atoms with E-state index in [1.165, 1.54) is 17.7 Å². The lowest BCUT2D eigenvalue weighted by Crippen LogP contribution is -2.38. The maximum absolute atomic E-state index is 13.6. The predicted molar refractivity (Wildman–Crippen MR) is 193 cm³/mol. The van der Waals surface area contributed by atoms with Gasteiger partial charge in [0.05, 0.1) is 11.3 Å². The van der Waals surface area contributed by atoms with Crippen molar-refractivity contribution in [1.82, 2.24) is 34.4 Å². The molecule has 0 radical (unpaired) electrons. The first-order valence-electron chi connectivity index (χ1n) is 16.7. The second-order valence-electron chi connectivity index (χ2n) is 11.0. The van der Waals surface area contributed by atoms with Gasteiger partial charge in [-0.25, -0.2) is 29.3 Å². The van der Waals surface area contributed by atoms with Gasteiger partial charge >= 0.3 is 0 Å². The zero-order valence-corrected chi connectivity index (χ0v) is 28.3. The number of benzene rings is 2. The highest BCUT2D eigenvalue weighted by Crippen LogP contribution is 2.32. The highest BCUT2D eigenvalue weighted by Gasteiger charge is 2.21. The quantitative estimate of drug-likeness (QED) is 0.178. The number of pyridine rings is 2. The molecular formula is C38H41FN10. The molecule has 2 aromatic carbocycles. The lowest BCUT2D eigenvalue weighted by molar-refractivity contribution is 0.211. The number of aromatic nitrogens is 6. The van der Waals surface area contributed by atoms with Crippen molar-refractivity contribution >= 4 is 22.8 Å². The molecule has 1 fully saturated rings. The average Bonchev–Trinajstić information content (AvgIpc) is 3.53. The number of anilines is 2. The van der Waals surface area contributed by atoms with Gasteiger partial charge in [0.1, 0.15) is 29.0 Å². The number of imidazole rings is 1. The van der Waals surface area contributed by atoms with Gasteiger partial charge in [0.2, 0.25) is 5.82 Å². The van der Waals surface area contributed by atoms with Crippen LogP contribution in [0.4, 0.5) is 16.0 Å². The van der Waals surface area contributed by atoms with E-state index in [2.05, 4.69) is 49.4 Å². The highest BCUT2D eigenvalue weighted by atomic mass is 19.1. The number of piperidine rings is 1. The van der Waals surface area contributed by atoms with Crippen LogP contribution in [0.5, 0.6) is 0 Å². The molecule has 0 unspecified atom stereocenters. The van der Waals surface area contributed by atoms with Crippen molar-refractivity contribution in [1.29, 1.82) is 5.26 Å². The normalized spacial score (nSPS) is 13.1. The molecule has 250 valence electrons. The maximum Gasteiger partial charge on any atom is 0.234 e. The third-order valence-corrected chi connectivity index (χ3v) is 8.02. The van der Waals surface area contributed by atoms with Crippen LogP contribution in [0.2, 0.25) is 0 Å². The van der Waals surface area contributed by atoms with E-state index in [-0.39, 0.29) is 11.6 Å². The number of nitriles is 1. The van der Waals surface area contributed by atoms with Crippen LogP contribution < -0.4 is 11.1 Å². The summed E-state index contributed by atoms with van der Waals surface area (Å²) in [7, 11) is 0. The highest BCUT2D eigenvalue weighted by molar-refractivity contribution is 5.84. The number of hydrogen-bond donors (Lipinski definition) is 2. The number of fused-ring (bicyclic) bond motifs is 1. The van der Waals surface area contributed by atoms with Crippen molar-refractivity contribution in [3.05, 3.63) is 108 Å². The lowest BCUT2D eigenvalue weighted by Gasteiger charge is -2.32. The summed E-state index contributed by atoms with van der Waals surface area (Å²) >= 11 is 0. The minimum absolute atomic E-state index is 0.171. The summed E-state index contributed by atoms with van der Waals surface area (Å²) in [6.07, 6.45) is 5.21. The van der Waals surface area contributed by atoms with Crippen molar-refractivity contribution in [2.75, 3.05) is 24.1 Å². The average molecular weight is 657 g/mol. The number of hydrogen-bond acceptors (Lipinski definition) is 9. The molecular weight excluding hydrogens is 615 g/mol. The van der Waals surface area contributed by atoms with E-state index < -0.39 is 0 Å². The first-order chi connectivity index (χ1) is 24.0. The molecule has 0 saturated carbocycles. The van der Waals surface area contributed by atoms with Gasteiger partial charge in [0.25, 0.3) is 0 Å². The van der Waals surface area contributed by atoms with Crippen LogP contribution in [0.1, 0.15) is 51.9 Å². The van der Waals surface area contributed by atoms with E-state index in [1.54, 1.807) is 30.6 Å².